The smallest absolute Gasteiger partial charge is 0.305 e. The summed E-state index contributed by atoms with van der Waals surface area (Å²) in [5.74, 6) is -0.471. The van der Waals surface area contributed by atoms with Gasteiger partial charge in [0.15, 0.2) is 0 Å². The summed E-state index contributed by atoms with van der Waals surface area (Å²) < 4.78 is 5.91. The second-order valence-corrected chi connectivity index (χ2v) is 6.49. The molecule has 0 aliphatic heterocycles. The van der Waals surface area contributed by atoms with E-state index in [1.165, 1.54) is 0 Å². The van der Waals surface area contributed by atoms with Gasteiger partial charge in [0.1, 0.15) is 5.76 Å². The second-order valence-electron chi connectivity index (χ2n) is 5.58. The zero-order chi connectivity index (χ0) is 17.7. The van der Waals surface area contributed by atoms with Crippen molar-refractivity contribution in [2.75, 3.05) is 0 Å². The topological polar surface area (TPSA) is 92.4 Å². The fourth-order valence-electron chi connectivity index (χ4n) is 2.51. The lowest BCUT2D eigenvalue weighted by atomic mass is 10.0. The number of rotatable bonds is 7. The molecule has 1 unspecified atom stereocenters. The van der Waals surface area contributed by atoms with E-state index in [4.69, 9.17) is 9.63 Å². The largest absolute Gasteiger partial charge is 0.481 e. The lowest BCUT2D eigenvalue weighted by Crippen LogP contribution is -2.30. The van der Waals surface area contributed by atoms with Gasteiger partial charge in [0.05, 0.1) is 18.2 Å². The van der Waals surface area contributed by atoms with Gasteiger partial charge >= 0.3 is 5.97 Å². The van der Waals surface area contributed by atoms with Crippen LogP contribution in [0.25, 0.3) is 0 Å². The number of halogens is 1. The number of aromatic nitrogens is 1. The summed E-state index contributed by atoms with van der Waals surface area (Å²) >= 11 is 3.36. The number of hydrogen-bond acceptors (Lipinski definition) is 4. The zero-order valence-electron chi connectivity index (χ0n) is 13.5. The van der Waals surface area contributed by atoms with E-state index in [0.29, 0.717) is 12.2 Å². The fraction of sp³-hybridized carbons (Fsp3) is 0.353. The van der Waals surface area contributed by atoms with E-state index in [2.05, 4.69) is 26.4 Å². The Hall–Kier alpha value is -2.15. The third-order valence-electron chi connectivity index (χ3n) is 3.75. The van der Waals surface area contributed by atoms with Crippen molar-refractivity contribution in [2.45, 2.75) is 39.2 Å². The van der Waals surface area contributed by atoms with Crippen molar-refractivity contribution < 1.29 is 19.2 Å². The summed E-state index contributed by atoms with van der Waals surface area (Å²) in [6.45, 7) is 3.64. The number of carbonyl (C=O) groups excluding carboxylic acids is 1. The predicted octanol–water partition coefficient (Wildman–Crippen LogP) is 3.32. The van der Waals surface area contributed by atoms with Gasteiger partial charge in [0.25, 0.3) is 0 Å². The SMILES string of the molecule is Cc1noc(C)c1CCC(=O)NC(CC(=O)O)c1cccc(Br)c1. The average Bonchev–Trinajstić information content (AvgIpc) is 2.83. The molecule has 1 atom stereocenters. The van der Waals surface area contributed by atoms with E-state index in [-0.39, 0.29) is 18.7 Å². The van der Waals surface area contributed by atoms with E-state index < -0.39 is 12.0 Å². The van der Waals surface area contributed by atoms with Gasteiger partial charge in [-0.15, -0.1) is 0 Å². The number of nitrogens with one attached hydrogen (secondary N) is 1. The monoisotopic (exact) mass is 394 g/mol. The zero-order valence-corrected chi connectivity index (χ0v) is 15.1. The maximum absolute atomic E-state index is 12.2. The van der Waals surface area contributed by atoms with E-state index in [0.717, 1.165) is 21.3 Å². The first-order valence-corrected chi connectivity index (χ1v) is 8.34. The van der Waals surface area contributed by atoms with Crippen LogP contribution in [0.15, 0.2) is 33.3 Å². The summed E-state index contributed by atoms with van der Waals surface area (Å²) in [6, 6.07) is 6.69. The van der Waals surface area contributed by atoms with Crippen LogP contribution in [-0.4, -0.2) is 22.1 Å². The van der Waals surface area contributed by atoms with Crippen LogP contribution in [0.3, 0.4) is 0 Å². The standard InChI is InChI=1S/C17H19BrN2O4/c1-10-14(11(2)24-20-10)6-7-16(21)19-15(9-17(22)23)12-4-3-5-13(18)8-12/h3-5,8,15H,6-7,9H2,1-2H3,(H,19,21)(H,22,23). The third kappa shape index (κ3) is 4.92. The van der Waals surface area contributed by atoms with Gasteiger partial charge < -0.3 is 14.9 Å². The van der Waals surface area contributed by atoms with Gasteiger partial charge in [0.2, 0.25) is 5.91 Å². The molecule has 2 aromatic rings. The highest BCUT2D eigenvalue weighted by atomic mass is 79.9. The highest BCUT2D eigenvalue weighted by Crippen LogP contribution is 2.21. The minimum Gasteiger partial charge on any atom is -0.481 e. The number of aryl methyl sites for hydroxylation is 2. The van der Waals surface area contributed by atoms with Crippen molar-refractivity contribution >= 4 is 27.8 Å². The molecular formula is C17H19BrN2O4. The number of aliphatic carboxylic acids is 1. The Morgan fingerprint density at radius 1 is 1.38 bits per heavy atom. The Balaban J connectivity index is 2.03. The number of hydrogen-bond donors (Lipinski definition) is 2. The minimum absolute atomic E-state index is 0.173. The lowest BCUT2D eigenvalue weighted by molar-refractivity contribution is -0.137. The maximum atomic E-state index is 12.2. The Morgan fingerprint density at radius 3 is 2.71 bits per heavy atom. The van der Waals surface area contributed by atoms with E-state index in [1.807, 2.05) is 32.0 Å². The number of nitrogens with zero attached hydrogens (tertiary/aromatic N) is 1. The average molecular weight is 395 g/mol. The normalized spacial score (nSPS) is 12.0. The fourth-order valence-corrected chi connectivity index (χ4v) is 2.93. The first-order chi connectivity index (χ1) is 11.4. The van der Waals surface area contributed by atoms with Crippen LogP contribution in [0.2, 0.25) is 0 Å². The molecule has 24 heavy (non-hydrogen) atoms. The van der Waals surface area contributed by atoms with Gasteiger partial charge in [-0.2, -0.15) is 0 Å². The van der Waals surface area contributed by atoms with Crippen LogP contribution in [-0.2, 0) is 16.0 Å². The van der Waals surface area contributed by atoms with Crippen LogP contribution in [0.5, 0.6) is 0 Å². The molecule has 0 saturated heterocycles. The lowest BCUT2D eigenvalue weighted by Gasteiger charge is -2.18. The summed E-state index contributed by atoms with van der Waals surface area (Å²) in [6.07, 6.45) is 0.575. The number of benzene rings is 1. The summed E-state index contributed by atoms with van der Waals surface area (Å²) in [5.41, 5.74) is 2.44. The molecule has 1 aromatic heterocycles. The molecule has 1 amide bonds. The van der Waals surface area contributed by atoms with Crippen molar-refractivity contribution in [2.24, 2.45) is 0 Å². The van der Waals surface area contributed by atoms with Crippen LogP contribution < -0.4 is 5.32 Å². The molecule has 0 fully saturated rings. The molecule has 0 aliphatic rings. The van der Waals surface area contributed by atoms with Gasteiger partial charge in [-0.25, -0.2) is 0 Å². The summed E-state index contributed by atoms with van der Waals surface area (Å²) in [4.78, 5) is 23.3. The van der Waals surface area contributed by atoms with Crippen LogP contribution in [0, 0.1) is 13.8 Å². The van der Waals surface area contributed by atoms with Crippen LogP contribution >= 0.6 is 15.9 Å². The van der Waals surface area contributed by atoms with Gasteiger partial charge in [-0.3, -0.25) is 9.59 Å². The first-order valence-electron chi connectivity index (χ1n) is 7.55. The van der Waals surface area contributed by atoms with Crippen molar-refractivity contribution in [3.8, 4) is 0 Å². The number of carboxylic acid groups (broad SMARTS) is 1. The Bertz CT molecular complexity index is 722. The molecule has 0 spiro atoms. The molecule has 0 aliphatic carbocycles. The van der Waals surface area contributed by atoms with E-state index in [1.54, 1.807) is 6.07 Å². The van der Waals surface area contributed by atoms with Crippen molar-refractivity contribution in [1.29, 1.82) is 0 Å². The van der Waals surface area contributed by atoms with Gasteiger partial charge in [0, 0.05) is 16.5 Å². The van der Waals surface area contributed by atoms with Gasteiger partial charge in [-0.1, -0.05) is 33.2 Å². The highest BCUT2D eigenvalue weighted by molar-refractivity contribution is 9.10. The molecule has 1 aromatic carbocycles. The number of carbonyl (C=O) groups is 2. The molecule has 6 nitrogen and oxygen atoms in total. The Morgan fingerprint density at radius 2 is 2.12 bits per heavy atom. The quantitative estimate of drug-likeness (QED) is 0.751. The van der Waals surface area contributed by atoms with E-state index >= 15 is 0 Å². The predicted molar refractivity (Wildman–Crippen MR) is 91.6 cm³/mol. The molecule has 128 valence electrons. The Labute approximate surface area is 148 Å². The summed E-state index contributed by atoms with van der Waals surface area (Å²) in [5, 5.41) is 15.8. The first kappa shape index (κ1) is 18.2. The highest BCUT2D eigenvalue weighted by Gasteiger charge is 2.19. The van der Waals surface area contributed by atoms with Crippen molar-refractivity contribution in [3.05, 3.63) is 51.3 Å². The Kier molecular flexibility index (Phi) is 6.14. The molecule has 0 radical (unpaired) electrons. The third-order valence-corrected chi connectivity index (χ3v) is 4.24. The molecule has 7 heteroatoms. The molecule has 1 heterocycles. The second kappa shape index (κ2) is 8.10. The van der Waals surface area contributed by atoms with Crippen molar-refractivity contribution in [1.82, 2.24) is 10.5 Å². The van der Waals surface area contributed by atoms with Crippen LogP contribution in [0.4, 0.5) is 0 Å². The molecular weight excluding hydrogens is 376 g/mol. The molecule has 2 N–H and O–H groups in total. The number of amides is 1. The summed E-state index contributed by atoms with van der Waals surface area (Å²) in [7, 11) is 0. The number of carboxylic acids is 1. The molecule has 2 rings (SSSR count). The van der Waals surface area contributed by atoms with E-state index in [9.17, 15) is 9.59 Å². The maximum Gasteiger partial charge on any atom is 0.305 e. The minimum atomic E-state index is -0.967. The molecule has 0 bridgehead atoms. The molecule has 0 saturated carbocycles. The van der Waals surface area contributed by atoms with Gasteiger partial charge in [-0.05, 0) is 38.0 Å². The van der Waals surface area contributed by atoms with Crippen LogP contribution in [0.1, 0.15) is 41.5 Å². The van der Waals surface area contributed by atoms with Crippen molar-refractivity contribution in [3.63, 3.8) is 0 Å².